The van der Waals surface area contributed by atoms with Gasteiger partial charge in [-0.3, -0.25) is 14.4 Å². The lowest BCUT2D eigenvalue weighted by Crippen LogP contribution is -2.45. The number of amides is 3. The molecular formula is C22H26N4O6S. The molecule has 10 nitrogen and oxygen atoms in total. The minimum absolute atomic E-state index is 0.128. The van der Waals surface area contributed by atoms with Crippen molar-refractivity contribution < 1.29 is 29.0 Å². The second-order valence-electron chi connectivity index (χ2n) is 7.77. The van der Waals surface area contributed by atoms with Gasteiger partial charge in [-0.1, -0.05) is 6.58 Å². The minimum Gasteiger partial charge on any atom is -0.464 e. The molecular weight excluding hydrogens is 448 g/mol. The second-order valence-corrected chi connectivity index (χ2v) is 8.62. The van der Waals surface area contributed by atoms with Crippen LogP contribution in [0.25, 0.3) is 10.6 Å². The van der Waals surface area contributed by atoms with E-state index in [2.05, 4.69) is 32.3 Å². The molecule has 0 aliphatic carbocycles. The number of thiazole rings is 1. The Balaban J connectivity index is 2.00. The summed E-state index contributed by atoms with van der Waals surface area (Å²) in [6, 6.07) is 5.94. The number of hydrogen-bond donors (Lipinski definition) is 4. The molecule has 1 heterocycles. The molecule has 2 aromatic rings. The Morgan fingerprint density at radius 3 is 2.42 bits per heavy atom. The Labute approximate surface area is 195 Å². The molecule has 3 amide bonds. The summed E-state index contributed by atoms with van der Waals surface area (Å²) in [4.78, 5) is 52.3. The number of aliphatic hydroxyl groups is 1. The zero-order valence-electron chi connectivity index (χ0n) is 18.7. The van der Waals surface area contributed by atoms with Crippen LogP contribution in [-0.4, -0.2) is 53.5 Å². The van der Waals surface area contributed by atoms with E-state index in [0.717, 1.165) is 12.7 Å². The number of rotatable bonds is 9. The van der Waals surface area contributed by atoms with Gasteiger partial charge < -0.3 is 25.8 Å². The lowest BCUT2D eigenvalue weighted by molar-refractivity contribution is -0.137. The zero-order valence-corrected chi connectivity index (χ0v) is 19.5. The van der Waals surface area contributed by atoms with Crippen LogP contribution < -0.4 is 16.0 Å². The first-order valence-electron chi connectivity index (χ1n) is 9.85. The first-order valence-corrected chi connectivity index (χ1v) is 10.7. The number of carbonyl (C=O) groups is 4. The van der Waals surface area contributed by atoms with E-state index >= 15 is 0 Å². The van der Waals surface area contributed by atoms with E-state index in [0.29, 0.717) is 10.7 Å². The first kappa shape index (κ1) is 25.7. The number of esters is 1. The highest BCUT2D eigenvalue weighted by molar-refractivity contribution is 7.13. The maximum atomic E-state index is 12.4. The molecule has 0 saturated heterocycles. The number of ether oxygens (including phenoxy) is 1. The predicted octanol–water partition coefficient (Wildman–Crippen LogP) is 1.69. The van der Waals surface area contributed by atoms with Crippen molar-refractivity contribution in [1.82, 2.24) is 15.6 Å². The minimum atomic E-state index is -0.949. The smallest absolute Gasteiger partial charge is 0.353 e. The quantitative estimate of drug-likeness (QED) is 0.319. The van der Waals surface area contributed by atoms with Gasteiger partial charge in [0.05, 0.1) is 19.1 Å². The molecule has 0 fully saturated rings. The van der Waals surface area contributed by atoms with Crippen molar-refractivity contribution in [3.63, 3.8) is 0 Å². The van der Waals surface area contributed by atoms with Crippen molar-refractivity contribution in [2.75, 3.05) is 19.0 Å². The van der Waals surface area contributed by atoms with Gasteiger partial charge in [0.2, 0.25) is 11.8 Å². The van der Waals surface area contributed by atoms with Crippen molar-refractivity contribution in [3.8, 4) is 10.6 Å². The number of aliphatic hydroxyl groups excluding tert-OH is 1. The Bertz CT molecular complexity index is 1060. The number of hydrogen-bond acceptors (Lipinski definition) is 8. The molecule has 11 heteroatoms. The van der Waals surface area contributed by atoms with Gasteiger partial charge in [0.15, 0.2) is 0 Å². The van der Waals surface area contributed by atoms with Crippen LogP contribution in [0.2, 0.25) is 0 Å². The molecule has 1 aromatic heterocycles. The number of benzene rings is 1. The highest BCUT2D eigenvalue weighted by Gasteiger charge is 2.26. The highest BCUT2D eigenvalue weighted by atomic mass is 32.1. The molecule has 1 unspecified atom stereocenters. The number of nitrogens with one attached hydrogen (secondary N) is 3. The van der Waals surface area contributed by atoms with Crippen molar-refractivity contribution >= 4 is 40.7 Å². The average Bonchev–Trinajstić information content (AvgIpc) is 3.29. The number of nitrogens with zero attached hydrogens (tertiary/aromatic N) is 1. The van der Waals surface area contributed by atoms with Crippen molar-refractivity contribution in [1.29, 1.82) is 0 Å². The van der Waals surface area contributed by atoms with Crippen LogP contribution in [-0.2, 0) is 19.1 Å². The van der Waals surface area contributed by atoms with Gasteiger partial charge in [0, 0.05) is 16.6 Å². The summed E-state index contributed by atoms with van der Waals surface area (Å²) in [6.45, 7) is 7.85. The van der Waals surface area contributed by atoms with Gasteiger partial charge >= 0.3 is 5.97 Å². The van der Waals surface area contributed by atoms with Crippen LogP contribution in [0.3, 0.4) is 0 Å². The molecule has 0 bridgehead atoms. The van der Waals surface area contributed by atoms with E-state index in [1.807, 2.05) is 0 Å². The Kier molecular flexibility index (Phi) is 8.44. The lowest BCUT2D eigenvalue weighted by atomic mass is 9.93. The maximum absolute atomic E-state index is 12.4. The van der Waals surface area contributed by atoms with Crippen LogP contribution in [0, 0.1) is 5.41 Å². The van der Waals surface area contributed by atoms with E-state index in [9.17, 15) is 24.3 Å². The van der Waals surface area contributed by atoms with Crippen molar-refractivity contribution in [2.24, 2.45) is 5.41 Å². The molecule has 0 spiro atoms. The van der Waals surface area contributed by atoms with Gasteiger partial charge in [0.25, 0.3) is 5.91 Å². The van der Waals surface area contributed by atoms with Crippen LogP contribution in [0.15, 0.2) is 41.9 Å². The maximum Gasteiger partial charge on any atom is 0.353 e. The third kappa shape index (κ3) is 6.70. The van der Waals surface area contributed by atoms with Gasteiger partial charge in [-0.25, -0.2) is 9.78 Å². The fraction of sp³-hybridized carbons (Fsp3) is 0.318. The standard InChI is InChI=1S/C22H26N4O6S/c1-12(17(28)24-13(2)20(30)32-5)23-18(29)16-10-33-19(26-16)14-6-8-15(9-7-14)25-21(31)22(3,4)11-27/h6-10,12,27H,2,11H2,1,3-5H3,(H,23,29)(H,24,28)(H,25,31). The van der Waals surface area contributed by atoms with Crippen molar-refractivity contribution in [3.05, 3.63) is 47.6 Å². The van der Waals surface area contributed by atoms with E-state index < -0.39 is 29.2 Å². The largest absolute Gasteiger partial charge is 0.464 e. The van der Waals surface area contributed by atoms with Crippen LogP contribution in [0.5, 0.6) is 0 Å². The third-order valence-corrected chi connectivity index (χ3v) is 5.47. The van der Waals surface area contributed by atoms with E-state index in [-0.39, 0.29) is 23.9 Å². The van der Waals surface area contributed by atoms with Crippen LogP contribution >= 0.6 is 11.3 Å². The van der Waals surface area contributed by atoms with Gasteiger partial charge in [-0.05, 0) is 45.0 Å². The van der Waals surface area contributed by atoms with Crippen molar-refractivity contribution in [2.45, 2.75) is 26.8 Å². The monoisotopic (exact) mass is 474 g/mol. The summed E-state index contributed by atoms with van der Waals surface area (Å²) in [5.74, 6) is -2.27. The predicted molar refractivity (Wildman–Crippen MR) is 123 cm³/mol. The lowest BCUT2D eigenvalue weighted by Gasteiger charge is -2.20. The molecule has 2 rings (SSSR count). The topological polar surface area (TPSA) is 147 Å². The molecule has 176 valence electrons. The summed E-state index contributed by atoms with van der Waals surface area (Å²) in [5, 5.41) is 18.9. The number of methoxy groups -OCH3 is 1. The SMILES string of the molecule is C=C(NC(=O)C(C)NC(=O)c1csc(-c2ccc(NC(=O)C(C)(C)CO)cc2)n1)C(=O)OC. The Hall–Kier alpha value is -3.57. The Morgan fingerprint density at radius 2 is 1.85 bits per heavy atom. The fourth-order valence-corrected chi connectivity index (χ4v) is 3.15. The molecule has 33 heavy (non-hydrogen) atoms. The molecule has 0 saturated carbocycles. The normalized spacial score (nSPS) is 11.8. The third-order valence-electron chi connectivity index (χ3n) is 4.58. The van der Waals surface area contributed by atoms with E-state index in [4.69, 9.17) is 0 Å². The molecule has 1 atom stereocenters. The number of carbonyl (C=O) groups excluding carboxylic acids is 4. The van der Waals surface area contributed by atoms with Gasteiger partial charge in [-0.15, -0.1) is 11.3 Å². The number of aromatic nitrogens is 1. The summed E-state index contributed by atoms with van der Waals surface area (Å²) in [6.07, 6.45) is 0. The van der Waals surface area contributed by atoms with E-state index in [1.54, 1.807) is 43.5 Å². The Morgan fingerprint density at radius 1 is 1.21 bits per heavy atom. The second kappa shape index (κ2) is 10.8. The van der Waals surface area contributed by atoms with Gasteiger partial charge in [-0.2, -0.15) is 0 Å². The zero-order chi connectivity index (χ0) is 24.8. The molecule has 4 N–H and O–H groups in total. The summed E-state index contributed by atoms with van der Waals surface area (Å²) in [7, 11) is 1.16. The summed E-state index contributed by atoms with van der Waals surface area (Å²) in [5.41, 5.74) is 0.283. The fourth-order valence-electron chi connectivity index (χ4n) is 2.35. The molecule has 0 aliphatic heterocycles. The van der Waals surface area contributed by atoms with Crippen LogP contribution in [0.1, 0.15) is 31.3 Å². The average molecular weight is 475 g/mol. The molecule has 1 aromatic carbocycles. The summed E-state index contributed by atoms with van der Waals surface area (Å²) >= 11 is 1.24. The van der Waals surface area contributed by atoms with Gasteiger partial charge in [0.1, 0.15) is 22.4 Å². The van der Waals surface area contributed by atoms with E-state index in [1.165, 1.54) is 18.3 Å². The van der Waals surface area contributed by atoms with Crippen LogP contribution in [0.4, 0.5) is 5.69 Å². The highest BCUT2D eigenvalue weighted by Crippen LogP contribution is 2.26. The number of anilines is 1. The summed E-state index contributed by atoms with van der Waals surface area (Å²) < 4.78 is 4.45. The molecule has 0 radical (unpaired) electrons. The first-order chi connectivity index (χ1) is 15.5. The molecule has 0 aliphatic rings.